The number of benzene rings is 3. The van der Waals surface area contributed by atoms with E-state index >= 15 is 0 Å². The van der Waals surface area contributed by atoms with Crippen LogP contribution in [0.25, 0.3) is 38.9 Å². The molecular formula is C36H35N3O2. The van der Waals surface area contributed by atoms with E-state index in [9.17, 15) is 5.11 Å². The molecule has 0 aliphatic carbocycles. The maximum absolute atomic E-state index is 10.7. The van der Waals surface area contributed by atoms with Crippen molar-refractivity contribution in [2.45, 2.75) is 52.4 Å². The summed E-state index contributed by atoms with van der Waals surface area (Å²) in [6.45, 7) is 13.1. The summed E-state index contributed by atoms with van der Waals surface area (Å²) in [6.07, 6.45) is 0. The first-order chi connectivity index (χ1) is 19.5. The summed E-state index contributed by atoms with van der Waals surface area (Å²) in [5.41, 5.74) is 6.33. The van der Waals surface area contributed by atoms with Crippen LogP contribution in [-0.4, -0.2) is 19.6 Å². The number of pyridine rings is 2. The Bertz CT molecular complexity index is 1890. The molecule has 0 aliphatic heterocycles. The second-order valence-corrected chi connectivity index (χ2v) is 12.6. The van der Waals surface area contributed by atoms with Crippen molar-refractivity contribution in [1.29, 1.82) is 0 Å². The lowest BCUT2D eigenvalue weighted by Crippen LogP contribution is -2.12. The standard InChI is InChI=1S/C36H35N3O2/c1-35(2,3)23-19-20-30(40)26(21-23)28-16-12-18-31(37-28)41-32-22-27(36(4,5)6)33-25-15-10-11-17-29(25)39(34(33)38-32)24-13-8-7-9-14-24/h7-22,40H,1-6H3. The summed E-state index contributed by atoms with van der Waals surface area (Å²) in [6, 6.07) is 32.1. The minimum absolute atomic E-state index is 0.0591. The van der Waals surface area contributed by atoms with Crippen molar-refractivity contribution in [2.75, 3.05) is 0 Å². The van der Waals surface area contributed by atoms with Gasteiger partial charge in [0.25, 0.3) is 0 Å². The number of fused-ring (bicyclic) bond motifs is 3. The van der Waals surface area contributed by atoms with Crippen molar-refractivity contribution >= 4 is 21.9 Å². The second-order valence-electron chi connectivity index (χ2n) is 12.6. The molecule has 3 aromatic heterocycles. The summed E-state index contributed by atoms with van der Waals surface area (Å²) in [5.74, 6) is 1.07. The first-order valence-corrected chi connectivity index (χ1v) is 14.0. The van der Waals surface area contributed by atoms with Crippen LogP contribution in [-0.2, 0) is 10.8 Å². The van der Waals surface area contributed by atoms with Gasteiger partial charge >= 0.3 is 0 Å². The van der Waals surface area contributed by atoms with Gasteiger partial charge in [0.15, 0.2) is 0 Å². The monoisotopic (exact) mass is 541 g/mol. The fourth-order valence-electron chi connectivity index (χ4n) is 5.35. The van der Waals surface area contributed by atoms with Gasteiger partial charge in [-0.1, -0.05) is 90.1 Å². The topological polar surface area (TPSA) is 60.2 Å². The van der Waals surface area contributed by atoms with E-state index in [1.54, 1.807) is 6.07 Å². The highest BCUT2D eigenvalue weighted by molar-refractivity contribution is 6.10. The molecule has 5 heteroatoms. The molecule has 5 nitrogen and oxygen atoms in total. The van der Waals surface area contributed by atoms with Crippen LogP contribution in [0.1, 0.15) is 52.7 Å². The van der Waals surface area contributed by atoms with Crippen molar-refractivity contribution < 1.29 is 9.84 Å². The number of hydrogen-bond acceptors (Lipinski definition) is 4. The van der Waals surface area contributed by atoms with Crippen LogP contribution >= 0.6 is 0 Å². The van der Waals surface area contributed by atoms with E-state index in [-0.39, 0.29) is 16.6 Å². The van der Waals surface area contributed by atoms with Gasteiger partial charge in [-0.15, -0.1) is 0 Å². The van der Waals surface area contributed by atoms with E-state index in [1.165, 1.54) is 0 Å². The molecule has 41 heavy (non-hydrogen) atoms. The molecule has 0 radical (unpaired) electrons. The second kappa shape index (κ2) is 9.77. The average Bonchev–Trinajstić information content (AvgIpc) is 3.26. The molecule has 0 unspecified atom stereocenters. The number of para-hydroxylation sites is 2. The van der Waals surface area contributed by atoms with Gasteiger partial charge in [0.05, 0.1) is 11.2 Å². The molecule has 0 amide bonds. The summed E-state index contributed by atoms with van der Waals surface area (Å²) in [7, 11) is 0. The van der Waals surface area contributed by atoms with E-state index in [0.717, 1.165) is 38.8 Å². The first kappa shape index (κ1) is 26.6. The van der Waals surface area contributed by atoms with Crippen molar-refractivity contribution in [3.63, 3.8) is 0 Å². The highest BCUT2D eigenvalue weighted by Crippen LogP contribution is 2.40. The molecule has 1 N–H and O–H groups in total. The summed E-state index contributed by atoms with van der Waals surface area (Å²) >= 11 is 0. The van der Waals surface area contributed by atoms with Crippen LogP contribution in [0.3, 0.4) is 0 Å². The van der Waals surface area contributed by atoms with E-state index < -0.39 is 0 Å². The van der Waals surface area contributed by atoms with Gasteiger partial charge < -0.3 is 9.84 Å². The smallest absolute Gasteiger partial charge is 0.223 e. The van der Waals surface area contributed by atoms with Crippen LogP contribution in [0.5, 0.6) is 17.5 Å². The van der Waals surface area contributed by atoms with Gasteiger partial charge in [-0.05, 0) is 58.4 Å². The Morgan fingerprint density at radius 2 is 1.41 bits per heavy atom. The Morgan fingerprint density at radius 3 is 2.15 bits per heavy atom. The van der Waals surface area contributed by atoms with Gasteiger partial charge in [0.2, 0.25) is 11.8 Å². The number of hydrogen-bond donors (Lipinski definition) is 1. The molecule has 0 aliphatic rings. The van der Waals surface area contributed by atoms with Gasteiger partial charge in [-0.25, -0.2) is 4.98 Å². The normalized spacial score (nSPS) is 12.2. The zero-order valence-corrected chi connectivity index (χ0v) is 24.4. The zero-order valence-electron chi connectivity index (χ0n) is 24.4. The molecule has 3 heterocycles. The predicted molar refractivity (Wildman–Crippen MR) is 167 cm³/mol. The van der Waals surface area contributed by atoms with E-state index in [2.05, 4.69) is 82.5 Å². The Labute approximate surface area is 241 Å². The summed E-state index contributed by atoms with van der Waals surface area (Å²) in [4.78, 5) is 9.86. The van der Waals surface area contributed by atoms with Crippen LogP contribution in [0, 0.1) is 0 Å². The highest BCUT2D eigenvalue weighted by Gasteiger charge is 2.25. The number of rotatable bonds is 4. The minimum atomic E-state index is -0.167. The molecule has 6 rings (SSSR count). The largest absolute Gasteiger partial charge is 0.507 e. The average molecular weight is 542 g/mol. The zero-order chi connectivity index (χ0) is 28.9. The first-order valence-electron chi connectivity index (χ1n) is 14.0. The molecule has 0 fully saturated rings. The number of ether oxygens (including phenoxy) is 1. The number of aromatic nitrogens is 3. The van der Waals surface area contributed by atoms with Crippen LogP contribution in [0.2, 0.25) is 0 Å². The molecule has 6 aromatic rings. The van der Waals surface area contributed by atoms with Crippen molar-refractivity contribution in [2.24, 2.45) is 0 Å². The molecule has 0 atom stereocenters. The fourth-order valence-corrected chi connectivity index (χ4v) is 5.35. The molecule has 0 bridgehead atoms. The molecule has 0 spiro atoms. The van der Waals surface area contributed by atoms with Crippen LogP contribution in [0.15, 0.2) is 97.1 Å². The van der Waals surface area contributed by atoms with Gasteiger partial charge in [-0.3, -0.25) is 4.57 Å². The lowest BCUT2D eigenvalue weighted by atomic mass is 9.85. The third kappa shape index (κ3) is 4.93. The molecule has 3 aromatic carbocycles. The van der Waals surface area contributed by atoms with Gasteiger partial charge in [0.1, 0.15) is 11.4 Å². The van der Waals surface area contributed by atoms with Crippen molar-refractivity contribution in [1.82, 2.24) is 14.5 Å². The third-order valence-corrected chi connectivity index (χ3v) is 7.50. The summed E-state index contributed by atoms with van der Waals surface area (Å²) < 4.78 is 8.59. The van der Waals surface area contributed by atoms with Crippen molar-refractivity contribution in [3.05, 3.63) is 108 Å². The Balaban J connectivity index is 1.52. The number of aromatic hydroxyl groups is 1. The Morgan fingerprint density at radius 1 is 0.683 bits per heavy atom. The number of phenols is 1. The van der Waals surface area contributed by atoms with Crippen LogP contribution < -0.4 is 4.74 Å². The third-order valence-electron chi connectivity index (χ3n) is 7.50. The van der Waals surface area contributed by atoms with E-state index in [0.29, 0.717) is 23.0 Å². The van der Waals surface area contributed by atoms with E-state index in [1.807, 2.05) is 54.6 Å². The van der Waals surface area contributed by atoms with Crippen molar-refractivity contribution in [3.8, 4) is 34.5 Å². The molecule has 0 saturated carbocycles. The highest BCUT2D eigenvalue weighted by atomic mass is 16.5. The van der Waals surface area contributed by atoms with Gasteiger partial charge in [0, 0.05) is 34.2 Å². The van der Waals surface area contributed by atoms with Crippen LogP contribution in [0.4, 0.5) is 0 Å². The minimum Gasteiger partial charge on any atom is -0.507 e. The maximum atomic E-state index is 10.7. The molecule has 206 valence electrons. The lowest BCUT2D eigenvalue weighted by molar-refractivity contribution is 0.443. The van der Waals surface area contributed by atoms with E-state index in [4.69, 9.17) is 14.7 Å². The quantitative estimate of drug-likeness (QED) is 0.242. The maximum Gasteiger partial charge on any atom is 0.223 e. The predicted octanol–water partition coefficient (Wildman–Crippen LogP) is 9.33. The number of nitrogens with zero attached hydrogens (tertiary/aromatic N) is 3. The SMILES string of the molecule is CC(C)(C)c1ccc(O)c(-c2cccc(Oc3cc(C(C)(C)C)c4c5ccccc5n(-c5ccccc5)c4n3)n2)c1. The Kier molecular flexibility index (Phi) is 6.33. The number of phenolic OH excluding ortho intramolecular Hbond substituents is 1. The van der Waals surface area contributed by atoms with Gasteiger partial charge in [-0.2, -0.15) is 4.98 Å². The molecule has 0 saturated heterocycles. The summed E-state index contributed by atoms with van der Waals surface area (Å²) in [5, 5.41) is 13.0. The fraction of sp³-hybridized carbons (Fsp3) is 0.222. The Hall–Kier alpha value is -4.64. The molecular weight excluding hydrogens is 506 g/mol. The lowest BCUT2D eigenvalue weighted by Gasteiger charge is -2.21.